The van der Waals surface area contributed by atoms with Crippen LogP contribution in [-0.2, 0) is 0 Å². The number of hydrogen-bond donors (Lipinski definition) is 3. The number of aldehydes is 1. The lowest BCUT2D eigenvalue weighted by atomic mass is 10.2. The van der Waals surface area contributed by atoms with E-state index in [2.05, 4.69) is 20.6 Å². The number of aromatic nitrogens is 1. The molecule has 0 bridgehead atoms. The molecule has 1 heterocycles. The van der Waals surface area contributed by atoms with Crippen molar-refractivity contribution in [1.29, 1.82) is 0 Å². The molecule has 26 heavy (non-hydrogen) atoms. The molecule has 0 atom stereocenters. The molecule has 9 heteroatoms. The molecule has 1 rings (SSSR count). The van der Waals surface area contributed by atoms with E-state index in [-0.39, 0.29) is 22.8 Å². The molecule has 142 valence electrons. The van der Waals surface area contributed by atoms with Gasteiger partial charge in [0, 0.05) is 29.7 Å². The first-order chi connectivity index (χ1) is 12.4. The fraction of sp³-hybridized carbons (Fsp3) is 0.353. The van der Waals surface area contributed by atoms with Gasteiger partial charge in [-0.2, -0.15) is 0 Å². The van der Waals surface area contributed by atoms with Crippen LogP contribution in [0.4, 0.5) is 24.7 Å². The highest BCUT2D eigenvalue weighted by Crippen LogP contribution is 2.19. The van der Waals surface area contributed by atoms with E-state index in [1.54, 1.807) is 6.08 Å². The number of aliphatic imine (C=N–C) groups is 1. The van der Waals surface area contributed by atoms with Gasteiger partial charge in [-0.3, -0.25) is 4.79 Å². The second kappa shape index (κ2) is 10.9. The van der Waals surface area contributed by atoms with Crippen molar-refractivity contribution in [2.24, 2.45) is 10.7 Å². The number of hydrogen-bond acceptors (Lipinski definition) is 6. The standard InChI is InChI=1S/C17H22F3N5O/c1-3-4-13(5-16(21)24-11(2)7-18)25-17-6-14(22-9-15(19)20)12(10-26)8-23-17/h4-6,8,10,15H,3,7,9,21H2,1-2H3,(H2,22,23,25)/b13-4-,16-5-,24-11+. The van der Waals surface area contributed by atoms with Crippen LogP contribution in [0.1, 0.15) is 30.6 Å². The number of allylic oxidation sites excluding steroid dienone is 2. The van der Waals surface area contributed by atoms with Gasteiger partial charge in [0.2, 0.25) is 0 Å². The van der Waals surface area contributed by atoms with Gasteiger partial charge >= 0.3 is 0 Å². The lowest BCUT2D eigenvalue weighted by molar-refractivity contribution is 0.112. The van der Waals surface area contributed by atoms with E-state index in [1.165, 1.54) is 25.3 Å². The number of alkyl halides is 3. The van der Waals surface area contributed by atoms with E-state index in [9.17, 15) is 18.0 Å². The number of halogens is 3. The van der Waals surface area contributed by atoms with Crippen LogP contribution >= 0.6 is 0 Å². The van der Waals surface area contributed by atoms with Gasteiger partial charge in [-0.1, -0.05) is 13.0 Å². The van der Waals surface area contributed by atoms with Gasteiger partial charge in [-0.15, -0.1) is 0 Å². The zero-order valence-electron chi connectivity index (χ0n) is 14.6. The summed E-state index contributed by atoms with van der Waals surface area (Å²) in [6.07, 6.45) is 3.21. The van der Waals surface area contributed by atoms with Crippen LogP contribution in [-0.4, -0.2) is 36.6 Å². The highest BCUT2D eigenvalue weighted by atomic mass is 19.3. The summed E-state index contributed by atoms with van der Waals surface area (Å²) in [4.78, 5) is 19.0. The number of carbonyl (C=O) groups excluding carboxylic acids is 1. The van der Waals surface area contributed by atoms with E-state index >= 15 is 0 Å². The third kappa shape index (κ3) is 7.37. The quantitative estimate of drug-likeness (QED) is 0.333. The molecule has 1 aromatic heterocycles. The molecular formula is C17H22F3N5O. The van der Waals surface area contributed by atoms with Crippen LogP contribution < -0.4 is 16.4 Å². The maximum Gasteiger partial charge on any atom is 0.255 e. The van der Waals surface area contributed by atoms with Gasteiger partial charge in [0.25, 0.3) is 6.43 Å². The van der Waals surface area contributed by atoms with E-state index < -0.39 is 19.6 Å². The molecule has 0 aromatic carbocycles. The van der Waals surface area contributed by atoms with Crippen LogP contribution in [0, 0.1) is 0 Å². The van der Waals surface area contributed by atoms with Crippen LogP contribution in [0.3, 0.4) is 0 Å². The van der Waals surface area contributed by atoms with Crippen molar-refractivity contribution < 1.29 is 18.0 Å². The summed E-state index contributed by atoms with van der Waals surface area (Å²) in [6, 6.07) is 1.44. The third-order valence-electron chi connectivity index (χ3n) is 3.02. The molecule has 0 unspecified atom stereocenters. The molecule has 0 saturated heterocycles. The van der Waals surface area contributed by atoms with Crippen LogP contribution in [0.5, 0.6) is 0 Å². The fourth-order valence-electron chi connectivity index (χ4n) is 1.92. The summed E-state index contributed by atoms with van der Waals surface area (Å²) in [5.74, 6) is 0.426. The summed E-state index contributed by atoms with van der Waals surface area (Å²) >= 11 is 0. The lowest BCUT2D eigenvalue weighted by Gasteiger charge is -2.12. The number of carbonyl (C=O) groups is 1. The van der Waals surface area contributed by atoms with Gasteiger partial charge < -0.3 is 16.4 Å². The van der Waals surface area contributed by atoms with Crippen molar-refractivity contribution in [1.82, 2.24) is 4.98 Å². The average molecular weight is 369 g/mol. The molecule has 0 aliphatic heterocycles. The van der Waals surface area contributed by atoms with Crippen LogP contribution in [0.15, 0.2) is 40.9 Å². The average Bonchev–Trinajstić information content (AvgIpc) is 2.60. The molecule has 0 fully saturated rings. The van der Waals surface area contributed by atoms with Gasteiger partial charge in [-0.25, -0.2) is 23.1 Å². The maximum absolute atomic E-state index is 12.5. The molecule has 0 aliphatic carbocycles. The Morgan fingerprint density at radius 2 is 2.19 bits per heavy atom. The summed E-state index contributed by atoms with van der Waals surface area (Å²) in [5.41, 5.74) is 6.94. The van der Waals surface area contributed by atoms with Gasteiger partial charge in [0.15, 0.2) is 6.29 Å². The summed E-state index contributed by atoms with van der Waals surface area (Å²) in [7, 11) is 0. The predicted octanol–water partition coefficient (Wildman–Crippen LogP) is 3.51. The Hall–Kier alpha value is -2.84. The zero-order chi connectivity index (χ0) is 19.5. The highest BCUT2D eigenvalue weighted by Gasteiger charge is 2.08. The van der Waals surface area contributed by atoms with E-state index in [0.29, 0.717) is 24.2 Å². The second-order valence-electron chi connectivity index (χ2n) is 5.29. The fourth-order valence-corrected chi connectivity index (χ4v) is 1.92. The smallest absolute Gasteiger partial charge is 0.255 e. The zero-order valence-corrected chi connectivity index (χ0v) is 14.6. The Bertz CT molecular complexity index is 702. The van der Waals surface area contributed by atoms with Crippen molar-refractivity contribution in [2.45, 2.75) is 26.7 Å². The monoisotopic (exact) mass is 369 g/mol. The molecule has 0 saturated carbocycles. The second-order valence-corrected chi connectivity index (χ2v) is 5.29. The van der Waals surface area contributed by atoms with E-state index in [4.69, 9.17) is 5.73 Å². The van der Waals surface area contributed by atoms with Crippen LogP contribution in [0.2, 0.25) is 0 Å². The number of anilines is 2. The Morgan fingerprint density at radius 3 is 2.77 bits per heavy atom. The van der Waals surface area contributed by atoms with Crippen LogP contribution in [0.25, 0.3) is 0 Å². The molecule has 0 spiro atoms. The molecular weight excluding hydrogens is 347 g/mol. The van der Waals surface area contributed by atoms with Gasteiger partial charge in [-0.05, 0) is 13.3 Å². The Balaban J connectivity index is 3.05. The molecule has 0 amide bonds. The number of nitrogens with one attached hydrogen (secondary N) is 2. The largest absolute Gasteiger partial charge is 0.384 e. The first-order valence-corrected chi connectivity index (χ1v) is 7.91. The summed E-state index contributed by atoms with van der Waals surface area (Å²) in [5, 5.41) is 5.47. The molecule has 6 nitrogen and oxygen atoms in total. The molecule has 1 aromatic rings. The molecule has 0 aliphatic rings. The molecule has 4 N–H and O–H groups in total. The first-order valence-electron chi connectivity index (χ1n) is 7.91. The number of nitrogens with zero attached hydrogens (tertiary/aromatic N) is 2. The third-order valence-corrected chi connectivity index (χ3v) is 3.02. The normalized spacial score (nSPS) is 13.1. The Labute approximate surface area is 150 Å². The Kier molecular flexibility index (Phi) is 8.90. The van der Waals surface area contributed by atoms with Gasteiger partial charge in [0.05, 0.1) is 17.8 Å². The van der Waals surface area contributed by atoms with Crippen molar-refractivity contribution in [3.05, 3.63) is 41.5 Å². The Morgan fingerprint density at radius 1 is 1.46 bits per heavy atom. The maximum atomic E-state index is 12.5. The molecule has 0 radical (unpaired) electrons. The van der Waals surface area contributed by atoms with Crippen molar-refractivity contribution >= 4 is 23.5 Å². The summed E-state index contributed by atoms with van der Waals surface area (Å²) < 4.78 is 37.3. The van der Waals surface area contributed by atoms with Crippen molar-refractivity contribution in [3.8, 4) is 0 Å². The van der Waals surface area contributed by atoms with Crippen molar-refractivity contribution in [2.75, 3.05) is 23.9 Å². The minimum Gasteiger partial charge on any atom is -0.384 e. The first kappa shape index (κ1) is 21.2. The van der Waals surface area contributed by atoms with Crippen molar-refractivity contribution in [3.63, 3.8) is 0 Å². The predicted molar refractivity (Wildman–Crippen MR) is 97.5 cm³/mol. The van der Waals surface area contributed by atoms with E-state index in [1.807, 2.05) is 6.92 Å². The number of pyridine rings is 1. The number of rotatable bonds is 10. The van der Waals surface area contributed by atoms with E-state index in [0.717, 1.165) is 0 Å². The minimum atomic E-state index is -2.56. The summed E-state index contributed by atoms with van der Waals surface area (Å²) in [6.45, 7) is 2.12. The highest BCUT2D eigenvalue weighted by molar-refractivity contribution is 5.85. The lowest BCUT2D eigenvalue weighted by Crippen LogP contribution is -2.12. The SMILES string of the molecule is CC/C=C(/C=C(N)\N=C(/C)CF)Nc1cc(NCC(F)F)c(C=O)cn1. The minimum absolute atomic E-state index is 0.105. The topological polar surface area (TPSA) is 92.4 Å². The number of nitrogens with two attached hydrogens (primary N) is 1. The van der Waals surface area contributed by atoms with Gasteiger partial charge in [0.1, 0.15) is 18.3 Å².